The molecule has 15 heavy (non-hydrogen) atoms. The average molecular weight is 209 g/mol. The molecule has 0 saturated carbocycles. The molecule has 0 bridgehead atoms. The molecule has 0 saturated heterocycles. The van der Waals surface area contributed by atoms with Gasteiger partial charge in [-0.25, -0.2) is 0 Å². The van der Waals surface area contributed by atoms with Crippen LogP contribution >= 0.6 is 0 Å². The van der Waals surface area contributed by atoms with E-state index in [1.165, 1.54) is 11.4 Å². The predicted molar refractivity (Wildman–Crippen MR) is 63.8 cm³/mol. The van der Waals surface area contributed by atoms with Crippen molar-refractivity contribution in [2.45, 2.75) is 47.1 Å². The van der Waals surface area contributed by atoms with Gasteiger partial charge < -0.3 is 5.73 Å². The van der Waals surface area contributed by atoms with E-state index in [9.17, 15) is 0 Å². The molecule has 0 aromatic carbocycles. The Hall–Kier alpha value is -0.830. The molecule has 0 amide bonds. The van der Waals surface area contributed by atoms with Gasteiger partial charge in [0.25, 0.3) is 0 Å². The largest absolute Gasteiger partial charge is 0.330 e. The minimum Gasteiger partial charge on any atom is -0.330 e. The fraction of sp³-hybridized carbons (Fsp3) is 0.750. The van der Waals surface area contributed by atoms with Gasteiger partial charge in [0.05, 0.1) is 5.69 Å². The summed E-state index contributed by atoms with van der Waals surface area (Å²) >= 11 is 0. The van der Waals surface area contributed by atoms with Crippen LogP contribution in [0, 0.1) is 5.41 Å². The lowest BCUT2D eigenvalue weighted by atomic mass is 9.94. The van der Waals surface area contributed by atoms with E-state index in [1.807, 2.05) is 0 Å². The number of aromatic nitrogens is 2. The van der Waals surface area contributed by atoms with Crippen LogP contribution < -0.4 is 5.73 Å². The number of nitrogens with two attached hydrogens (primary N) is 1. The van der Waals surface area contributed by atoms with Crippen LogP contribution in [0.15, 0.2) is 6.07 Å². The smallest absolute Gasteiger partial charge is 0.0624 e. The van der Waals surface area contributed by atoms with Gasteiger partial charge in [-0.2, -0.15) is 5.10 Å². The van der Waals surface area contributed by atoms with Crippen LogP contribution in [0.2, 0.25) is 0 Å². The highest BCUT2D eigenvalue weighted by molar-refractivity contribution is 5.10. The Balaban J connectivity index is 2.88. The maximum Gasteiger partial charge on any atom is 0.0624 e. The molecule has 0 atom stereocenters. The summed E-state index contributed by atoms with van der Waals surface area (Å²) in [5.74, 6) is 0. The topological polar surface area (TPSA) is 43.8 Å². The second-order valence-electron chi connectivity index (χ2n) is 4.86. The molecule has 1 aromatic heterocycles. The SMILES string of the molecule is CCc1cc(CC)n(CC(C)(C)CN)n1. The standard InChI is InChI=1S/C12H23N3/c1-5-10-7-11(6-2)15(14-10)9-12(3,4)8-13/h7H,5-6,8-9,13H2,1-4H3. The van der Waals surface area contributed by atoms with E-state index < -0.39 is 0 Å². The fourth-order valence-corrected chi connectivity index (χ4v) is 1.58. The lowest BCUT2D eigenvalue weighted by Crippen LogP contribution is -2.29. The van der Waals surface area contributed by atoms with Crippen LogP contribution in [0.3, 0.4) is 0 Å². The van der Waals surface area contributed by atoms with E-state index >= 15 is 0 Å². The third-order valence-electron chi connectivity index (χ3n) is 2.77. The molecule has 0 radical (unpaired) electrons. The molecule has 0 aliphatic rings. The number of hydrogen-bond donors (Lipinski definition) is 1. The number of nitrogens with zero attached hydrogens (tertiary/aromatic N) is 2. The summed E-state index contributed by atoms with van der Waals surface area (Å²) in [5, 5.41) is 4.59. The maximum absolute atomic E-state index is 5.74. The van der Waals surface area contributed by atoms with Gasteiger partial charge in [-0.15, -0.1) is 0 Å². The summed E-state index contributed by atoms with van der Waals surface area (Å²) in [5.41, 5.74) is 8.36. The molecular weight excluding hydrogens is 186 g/mol. The van der Waals surface area contributed by atoms with Gasteiger partial charge in [0, 0.05) is 12.2 Å². The Morgan fingerprint density at radius 1 is 1.33 bits per heavy atom. The van der Waals surface area contributed by atoms with Crippen molar-refractivity contribution in [2.24, 2.45) is 11.1 Å². The highest BCUT2D eigenvalue weighted by Gasteiger charge is 2.18. The maximum atomic E-state index is 5.74. The Kier molecular flexibility index (Phi) is 3.91. The first-order valence-electron chi connectivity index (χ1n) is 5.78. The molecule has 0 fully saturated rings. The number of rotatable bonds is 5. The van der Waals surface area contributed by atoms with Gasteiger partial charge in [-0.3, -0.25) is 4.68 Å². The zero-order valence-electron chi connectivity index (χ0n) is 10.4. The van der Waals surface area contributed by atoms with E-state index in [2.05, 4.69) is 43.5 Å². The zero-order valence-corrected chi connectivity index (χ0v) is 10.4. The van der Waals surface area contributed by atoms with Gasteiger partial charge >= 0.3 is 0 Å². The Morgan fingerprint density at radius 2 is 2.00 bits per heavy atom. The van der Waals surface area contributed by atoms with Crippen molar-refractivity contribution in [1.82, 2.24) is 9.78 Å². The van der Waals surface area contributed by atoms with Crippen LogP contribution in [-0.2, 0) is 19.4 Å². The van der Waals surface area contributed by atoms with Crippen LogP contribution in [0.5, 0.6) is 0 Å². The lowest BCUT2D eigenvalue weighted by Gasteiger charge is -2.23. The summed E-state index contributed by atoms with van der Waals surface area (Å²) in [6, 6.07) is 2.20. The Morgan fingerprint density at radius 3 is 2.47 bits per heavy atom. The minimum atomic E-state index is 0.126. The van der Waals surface area contributed by atoms with Crippen molar-refractivity contribution in [3.63, 3.8) is 0 Å². The predicted octanol–water partition coefficient (Wildman–Crippen LogP) is 1.99. The summed E-state index contributed by atoms with van der Waals surface area (Å²) in [6.45, 7) is 10.3. The van der Waals surface area contributed by atoms with E-state index in [0.29, 0.717) is 6.54 Å². The van der Waals surface area contributed by atoms with Gasteiger partial charge in [0.2, 0.25) is 0 Å². The minimum absolute atomic E-state index is 0.126. The van der Waals surface area contributed by atoms with Gasteiger partial charge in [0.1, 0.15) is 0 Å². The van der Waals surface area contributed by atoms with Crippen LogP contribution in [0.1, 0.15) is 39.1 Å². The first-order chi connectivity index (χ1) is 7.02. The second kappa shape index (κ2) is 4.79. The molecule has 3 heteroatoms. The molecule has 86 valence electrons. The van der Waals surface area contributed by atoms with Crippen LogP contribution in [0.4, 0.5) is 0 Å². The molecule has 1 heterocycles. The van der Waals surface area contributed by atoms with Crippen molar-refractivity contribution < 1.29 is 0 Å². The average Bonchev–Trinajstić information content (AvgIpc) is 2.59. The second-order valence-corrected chi connectivity index (χ2v) is 4.86. The first-order valence-corrected chi connectivity index (χ1v) is 5.78. The summed E-state index contributed by atoms with van der Waals surface area (Å²) in [6.07, 6.45) is 2.04. The summed E-state index contributed by atoms with van der Waals surface area (Å²) < 4.78 is 2.12. The quantitative estimate of drug-likeness (QED) is 0.806. The molecular formula is C12H23N3. The van der Waals surface area contributed by atoms with Gasteiger partial charge in [-0.05, 0) is 30.9 Å². The highest BCUT2D eigenvalue weighted by atomic mass is 15.3. The lowest BCUT2D eigenvalue weighted by molar-refractivity contribution is 0.296. The van der Waals surface area contributed by atoms with Gasteiger partial charge in [0.15, 0.2) is 0 Å². The summed E-state index contributed by atoms with van der Waals surface area (Å²) in [4.78, 5) is 0. The van der Waals surface area contributed by atoms with Crippen molar-refractivity contribution in [3.05, 3.63) is 17.5 Å². The number of hydrogen-bond acceptors (Lipinski definition) is 2. The monoisotopic (exact) mass is 209 g/mol. The fourth-order valence-electron chi connectivity index (χ4n) is 1.58. The number of aryl methyl sites for hydroxylation is 2. The molecule has 1 rings (SSSR count). The molecule has 0 aliphatic heterocycles. The summed E-state index contributed by atoms with van der Waals surface area (Å²) in [7, 11) is 0. The molecule has 3 nitrogen and oxygen atoms in total. The van der Waals surface area contributed by atoms with Crippen molar-refractivity contribution >= 4 is 0 Å². The van der Waals surface area contributed by atoms with Crippen molar-refractivity contribution in [2.75, 3.05) is 6.54 Å². The van der Waals surface area contributed by atoms with E-state index in [0.717, 1.165) is 19.4 Å². The zero-order chi connectivity index (χ0) is 11.5. The van der Waals surface area contributed by atoms with Crippen molar-refractivity contribution in [1.29, 1.82) is 0 Å². The molecule has 1 aromatic rings. The third kappa shape index (κ3) is 3.06. The van der Waals surface area contributed by atoms with Crippen LogP contribution in [0.25, 0.3) is 0 Å². The third-order valence-corrected chi connectivity index (χ3v) is 2.77. The van der Waals surface area contributed by atoms with Gasteiger partial charge in [-0.1, -0.05) is 27.7 Å². The highest BCUT2D eigenvalue weighted by Crippen LogP contribution is 2.18. The molecule has 0 unspecified atom stereocenters. The first kappa shape index (κ1) is 12.2. The van der Waals surface area contributed by atoms with Crippen molar-refractivity contribution in [3.8, 4) is 0 Å². The van der Waals surface area contributed by atoms with E-state index in [1.54, 1.807) is 0 Å². The Bertz CT molecular complexity index is 313. The van der Waals surface area contributed by atoms with E-state index in [-0.39, 0.29) is 5.41 Å². The normalized spacial score (nSPS) is 12.1. The molecule has 2 N–H and O–H groups in total. The van der Waals surface area contributed by atoms with E-state index in [4.69, 9.17) is 5.73 Å². The molecule has 0 aliphatic carbocycles. The Labute approximate surface area is 92.7 Å². The van der Waals surface area contributed by atoms with Crippen LogP contribution in [-0.4, -0.2) is 16.3 Å². The molecule has 0 spiro atoms.